The van der Waals surface area contributed by atoms with Gasteiger partial charge < -0.3 is 19.4 Å². The quantitative estimate of drug-likeness (QED) is 0.439. The van der Waals surface area contributed by atoms with Crippen LogP contribution < -0.4 is 5.32 Å². The summed E-state index contributed by atoms with van der Waals surface area (Å²) in [5.41, 5.74) is 0.725. The molecule has 0 unspecified atom stereocenters. The van der Waals surface area contributed by atoms with Crippen molar-refractivity contribution in [2.24, 2.45) is 7.05 Å². The van der Waals surface area contributed by atoms with Gasteiger partial charge in [0, 0.05) is 12.6 Å². The normalized spacial score (nSPS) is 15.4. The fourth-order valence-corrected chi connectivity index (χ4v) is 3.67. The monoisotopic (exact) mass is 415 g/mol. The first kappa shape index (κ1) is 21.8. The highest BCUT2D eigenvalue weighted by Gasteiger charge is 2.44. The maximum atomic E-state index is 12.4. The summed E-state index contributed by atoms with van der Waals surface area (Å²) < 4.78 is 12.2. The summed E-state index contributed by atoms with van der Waals surface area (Å²) in [6.07, 6.45) is 1.73. The van der Waals surface area contributed by atoms with E-state index in [0.29, 0.717) is 5.56 Å². The molecule has 1 aliphatic carbocycles. The molecule has 0 spiro atoms. The fraction of sp³-hybridized carbons (Fsp3) is 0.545. The van der Waals surface area contributed by atoms with Gasteiger partial charge in [-0.05, 0) is 65.2 Å². The third-order valence-corrected chi connectivity index (χ3v) is 5.19. The highest BCUT2D eigenvalue weighted by atomic mass is 16.6. The Labute approximate surface area is 175 Å². The zero-order valence-corrected chi connectivity index (χ0v) is 18.2. The second-order valence-corrected chi connectivity index (χ2v) is 8.67. The molecule has 0 atom stereocenters. The number of Topliss-reactive ketones (excluding diaryl/α,β-unsaturated/α-hetero) is 1. The van der Waals surface area contributed by atoms with E-state index in [0.717, 1.165) is 36.1 Å². The third-order valence-electron chi connectivity index (χ3n) is 5.19. The SMILES string of the molecule is CCOC(=O)CC(=O)c1ccc2nc(C3(NC(=O)OC(C)(C)C)CCC3)n(C)c2c1. The second kappa shape index (κ2) is 8.08. The summed E-state index contributed by atoms with van der Waals surface area (Å²) in [4.78, 5) is 41.2. The first-order chi connectivity index (χ1) is 14.0. The van der Waals surface area contributed by atoms with E-state index in [4.69, 9.17) is 14.5 Å². The van der Waals surface area contributed by atoms with Gasteiger partial charge in [-0.1, -0.05) is 0 Å². The van der Waals surface area contributed by atoms with Crippen LogP contribution in [-0.4, -0.2) is 39.6 Å². The fourth-order valence-electron chi connectivity index (χ4n) is 3.67. The topological polar surface area (TPSA) is 99.5 Å². The van der Waals surface area contributed by atoms with Crippen LogP contribution in [0.5, 0.6) is 0 Å². The highest BCUT2D eigenvalue weighted by Crippen LogP contribution is 2.41. The number of ether oxygens (including phenoxy) is 2. The van der Waals surface area contributed by atoms with Crippen molar-refractivity contribution in [2.75, 3.05) is 6.61 Å². The average molecular weight is 415 g/mol. The Kier molecular flexibility index (Phi) is 5.87. The van der Waals surface area contributed by atoms with Crippen molar-refractivity contribution >= 4 is 28.9 Å². The predicted molar refractivity (Wildman–Crippen MR) is 111 cm³/mol. The van der Waals surface area contributed by atoms with Crippen molar-refractivity contribution in [2.45, 2.75) is 64.5 Å². The number of nitrogens with zero attached hydrogens (tertiary/aromatic N) is 2. The number of aromatic nitrogens is 2. The zero-order valence-electron chi connectivity index (χ0n) is 18.2. The van der Waals surface area contributed by atoms with E-state index < -0.39 is 23.2 Å². The molecule has 1 aromatic heterocycles. The third kappa shape index (κ3) is 4.47. The van der Waals surface area contributed by atoms with Crippen molar-refractivity contribution in [1.29, 1.82) is 0 Å². The van der Waals surface area contributed by atoms with E-state index in [-0.39, 0.29) is 18.8 Å². The van der Waals surface area contributed by atoms with Gasteiger partial charge in [0.1, 0.15) is 23.4 Å². The van der Waals surface area contributed by atoms with E-state index in [1.807, 2.05) is 32.4 Å². The number of aryl methyl sites for hydroxylation is 1. The molecule has 8 heteroatoms. The lowest BCUT2D eigenvalue weighted by Gasteiger charge is -2.41. The number of hydrogen-bond acceptors (Lipinski definition) is 6. The summed E-state index contributed by atoms with van der Waals surface area (Å²) in [6, 6.07) is 5.15. The molecule has 0 radical (unpaired) electrons. The molecule has 0 bridgehead atoms. The van der Waals surface area contributed by atoms with Crippen LogP contribution in [0.3, 0.4) is 0 Å². The maximum Gasteiger partial charge on any atom is 0.408 e. The average Bonchev–Trinajstić information content (AvgIpc) is 2.93. The Morgan fingerprint density at radius 3 is 2.50 bits per heavy atom. The first-order valence-electron chi connectivity index (χ1n) is 10.2. The summed E-state index contributed by atoms with van der Waals surface area (Å²) in [5, 5.41) is 3.01. The summed E-state index contributed by atoms with van der Waals surface area (Å²) in [6.45, 7) is 7.41. The number of carbonyl (C=O) groups excluding carboxylic acids is 3. The number of rotatable bonds is 6. The minimum atomic E-state index is -0.592. The number of alkyl carbamates (subject to hydrolysis) is 1. The minimum Gasteiger partial charge on any atom is -0.466 e. The van der Waals surface area contributed by atoms with Crippen LogP contribution in [0, 0.1) is 0 Å². The van der Waals surface area contributed by atoms with Crippen molar-refractivity contribution in [3.05, 3.63) is 29.6 Å². The van der Waals surface area contributed by atoms with Crippen LogP contribution >= 0.6 is 0 Å². The van der Waals surface area contributed by atoms with E-state index in [2.05, 4.69) is 5.32 Å². The van der Waals surface area contributed by atoms with Gasteiger partial charge in [-0.15, -0.1) is 0 Å². The zero-order chi connectivity index (χ0) is 22.1. The molecule has 0 aliphatic heterocycles. The molecule has 8 nitrogen and oxygen atoms in total. The van der Waals surface area contributed by atoms with E-state index in [9.17, 15) is 14.4 Å². The molecule has 0 saturated heterocycles. The summed E-state index contributed by atoms with van der Waals surface area (Å²) in [5.74, 6) is -0.115. The Balaban J connectivity index is 1.88. The van der Waals surface area contributed by atoms with Gasteiger partial charge in [0.15, 0.2) is 5.78 Å². The molecule has 2 aromatic rings. The van der Waals surface area contributed by atoms with E-state index >= 15 is 0 Å². The largest absolute Gasteiger partial charge is 0.466 e. The molecule has 1 fully saturated rings. The Morgan fingerprint density at radius 1 is 1.23 bits per heavy atom. The molecule has 1 N–H and O–H groups in total. The molecule has 1 amide bonds. The Bertz CT molecular complexity index is 983. The van der Waals surface area contributed by atoms with Crippen molar-refractivity contribution < 1.29 is 23.9 Å². The molecule has 30 heavy (non-hydrogen) atoms. The lowest BCUT2D eigenvalue weighted by molar-refractivity contribution is -0.141. The van der Waals surface area contributed by atoms with Crippen LogP contribution in [-0.2, 0) is 26.9 Å². The van der Waals surface area contributed by atoms with Gasteiger partial charge in [0.25, 0.3) is 0 Å². The summed E-state index contributed by atoms with van der Waals surface area (Å²) >= 11 is 0. The van der Waals surface area contributed by atoms with Gasteiger partial charge >= 0.3 is 12.1 Å². The Morgan fingerprint density at radius 2 is 1.93 bits per heavy atom. The molecular formula is C22H29N3O5. The molecule has 1 aliphatic rings. The van der Waals surface area contributed by atoms with Crippen LogP contribution in [0.1, 0.15) is 69.6 Å². The van der Waals surface area contributed by atoms with Crippen LogP contribution in [0.2, 0.25) is 0 Å². The molecule has 162 valence electrons. The van der Waals surface area contributed by atoms with Crippen molar-refractivity contribution in [3.8, 4) is 0 Å². The number of esters is 1. The van der Waals surface area contributed by atoms with Crippen LogP contribution in [0.15, 0.2) is 18.2 Å². The smallest absolute Gasteiger partial charge is 0.408 e. The minimum absolute atomic E-state index is 0.239. The van der Waals surface area contributed by atoms with Crippen LogP contribution in [0.4, 0.5) is 4.79 Å². The highest BCUT2D eigenvalue weighted by molar-refractivity contribution is 6.07. The maximum absolute atomic E-state index is 12.4. The number of benzene rings is 1. The molecule has 1 saturated carbocycles. The summed E-state index contributed by atoms with van der Waals surface area (Å²) in [7, 11) is 1.86. The van der Waals surface area contributed by atoms with Gasteiger partial charge in [-0.3, -0.25) is 9.59 Å². The van der Waals surface area contributed by atoms with Gasteiger partial charge in [0.2, 0.25) is 0 Å². The first-order valence-corrected chi connectivity index (χ1v) is 10.2. The number of nitrogens with one attached hydrogen (secondary N) is 1. The van der Waals surface area contributed by atoms with Crippen molar-refractivity contribution in [1.82, 2.24) is 14.9 Å². The lowest BCUT2D eigenvalue weighted by Crippen LogP contribution is -2.53. The second-order valence-electron chi connectivity index (χ2n) is 8.67. The number of imidazole rings is 1. The molecular weight excluding hydrogens is 386 g/mol. The standard InChI is InChI=1S/C22H29N3O5/c1-6-29-18(27)13-17(26)14-8-9-15-16(12-14)25(5)19(23-15)22(10-7-11-22)24-20(28)30-21(2,3)4/h8-9,12H,6-7,10-11,13H2,1-5H3,(H,24,28). The molecule has 1 aromatic carbocycles. The van der Waals surface area contributed by atoms with Gasteiger partial charge in [0.05, 0.1) is 17.6 Å². The predicted octanol–water partition coefficient (Wildman–Crippen LogP) is 3.61. The Hall–Kier alpha value is -2.90. The number of hydrogen-bond donors (Lipinski definition) is 1. The molecule has 3 rings (SSSR count). The van der Waals surface area contributed by atoms with E-state index in [1.54, 1.807) is 25.1 Å². The number of amides is 1. The van der Waals surface area contributed by atoms with Gasteiger partial charge in [-0.2, -0.15) is 0 Å². The number of ketones is 1. The lowest BCUT2D eigenvalue weighted by atomic mass is 9.76. The number of fused-ring (bicyclic) bond motifs is 1. The van der Waals surface area contributed by atoms with Crippen molar-refractivity contribution in [3.63, 3.8) is 0 Å². The number of carbonyl (C=O) groups is 3. The van der Waals surface area contributed by atoms with Gasteiger partial charge in [-0.25, -0.2) is 9.78 Å². The van der Waals surface area contributed by atoms with E-state index in [1.165, 1.54) is 0 Å². The molecule has 1 heterocycles. The van der Waals surface area contributed by atoms with Crippen LogP contribution in [0.25, 0.3) is 11.0 Å².